The van der Waals surface area contributed by atoms with Gasteiger partial charge in [0, 0.05) is 58.0 Å². The lowest BCUT2D eigenvalue weighted by atomic mass is 9.80. The van der Waals surface area contributed by atoms with E-state index in [2.05, 4.69) is 190 Å². The minimum atomic E-state index is -0.425. The number of allylic oxidation sites excluding steroid dienone is 7. The fourth-order valence-electron chi connectivity index (χ4n) is 8.90. The highest BCUT2D eigenvalue weighted by Gasteiger charge is 2.45. The Kier molecular flexibility index (Phi) is 12.1. The largest absolute Gasteiger partial charge is 0.461 e. The van der Waals surface area contributed by atoms with Gasteiger partial charge in [0.25, 0.3) is 0 Å². The molecular weight excluding hydrogens is 743 g/mol. The highest BCUT2D eigenvalue weighted by molar-refractivity contribution is 6.03. The second kappa shape index (κ2) is 17.4. The molecule has 0 saturated heterocycles. The summed E-state index contributed by atoms with van der Waals surface area (Å²) in [4.78, 5) is 28.8. The van der Waals surface area contributed by atoms with Crippen LogP contribution in [0.4, 0.5) is 22.7 Å². The third-order valence-corrected chi connectivity index (χ3v) is 12.0. The van der Waals surface area contributed by atoms with Crippen molar-refractivity contribution in [2.45, 2.75) is 65.2 Å². The van der Waals surface area contributed by atoms with Crippen LogP contribution < -0.4 is 9.80 Å². The number of benzene rings is 4. The summed E-state index contributed by atoms with van der Waals surface area (Å²) in [6.07, 6.45) is 13.3. The number of carbonyl (C=O) groups excluding carboxylic acids is 2. The maximum atomic E-state index is 12.1. The summed E-state index contributed by atoms with van der Waals surface area (Å²) in [6, 6.07) is 34.3. The highest BCUT2D eigenvalue weighted by atomic mass is 16.5. The Balaban J connectivity index is 1.38. The molecule has 60 heavy (non-hydrogen) atoms. The number of anilines is 3. The molecule has 7 heteroatoms. The van der Waals surface area contributed by atoms with Crippen LogP contribution in [0.5, 0.6) is 0 Å². The summed E-state index contributed by atoms with van der Waals surface area (Å²) >= 11 is 0. The van der Waals surface area contributed by atoms with E-state index in [0.29, 0.717) is 13.1 Å². The van der Waals surface area contributed by atoms with Gasteiger partial charge in [0.05, 0.1) is 17.7 Å². The van der Waals surface area contributed by atoms with Gasteiger partial charge in [-0.2, -0.15) is 4.58 Å². The summed E-state index contributed by atoms with van der Waals surface area (Å²) in [5.41, 5.74) is 14.6. The molecule has 0 saturated carbocycles. The Hall–Kier alpha value is -6.47. The van der Waals surface area contributed by atoms with Gasteiger partial charge in [-0.25, -0.2) is 9.59 Å². The van der Waals surface area contributed by atoms with Crippen molar-refractivity contribution in [3.63, 3.8) is 0 Å². The molecule has 0 bridgehead atoms. The molecule has 2 heterocycles. The minimum Gasteiger partial charge on any atom is -0.461 e. The first-order valence-corrected chi connectivity index (χ1v) is 20.8. The van der Waals surface area contributed by atoms with Crippen LogP contribution in [0, 0.1) is 13.8 Å². The Morgan fingerprint density at radius 1 is 0.733 bits per heavy atom. The van der Waals surface area contributed by atoms with Gasteiger partial charge in [-0.05, 0) is 99.7 Å². The zero-order valence-electron chi connectivity index (χ0n) is 35.8. The van der Waals surface area contributed by atoms with Crippen molar-refractivity contribution in [2.75, 3.05) is 36.1 Å². The van der Waals surface area contributed by atoms with Crippen LogP contribution in [0.15, 0.2) is 169 Å². The average molecular weight is 799 g/mol. The second-order valence-corrected chi connectivity index (χ2v) is 16.7. The van der Waals surface area contributed by atoms with Crippen LogP contribution in [-0.2, 0) is 29.9 Å². The van der Waals surface area contributed by atoms with E-state index in [1.165, 1.54) is 45.6 Å². The van der Waals surface area contributed by atoms with Crippen molar-refractivity contribution in [1.29, 1.82) is 0 Å². The van der Waals surface area contributed by atoms with Gasteiger partial charge in [0.15, 0.2) is 18.9 Å². The van der Waals surface area contributed by atoms with Gasteiger partial charge >= 0.3 is 11.9 Å². The number of esters is 2. The molecule has 0 radical (unpaired) electrons. The maximum Gasteiger partial charge on any atom is 0.330 e. The molecule has 0 spiro atoms. The minimum absolute atomic E-state index is 0.240. The Bertz CT molecular complexity index is 2440. The molecule has 4 aromatic carbocycles. The van der Waals surface area contributed by atoms with E-state index in [0.717, 1.165) is 52.7 Å². The molecular formula is C53H56N3O4+. The van der Waals surface area contributed by atoms with Crippen LogP contribution >= 0.6 is 0 Å². The number of carbonyl (C=O) groups is 2. The number of rotatable bonds is 14. The molecule has 0 unspecified atom stereocenters. The third-order valence-electron chi connectivity index (χ3n) is 12.0. The topological polar surface area (TPSA) is 62.1 Å². The molecule has 0 fully saturated rings. The first-order valence-electron chi connectivity index (χ1n) is 20.8. The molecule has 306 valence electrons. The first kappa shape index (κ1) is 41.7. The molecule has 4 aromatic rings. The SMILES string of the molecule is C=CC(=O)OCCN1/C(=C/C=C2\CCC(/C=C/C3=[N+](CCOC(=O)C=C)c4ccc(C)cc4C3(C)C)=C2N(c2ccccc2)c2ccccc2)C(C)(C)c2cc(C)ccc21. The smallest absolute Gasteiger partial charge is 0.330 e. The Labute approximate surface area is 355 Å². The van der Waals surface area contributed by atoms with Gasteiger partial charge in [-0.15, -0.1) is 0 Å². The molecule has 0 atom stereocenters. The lowest BCUT2D eigenvalue weighted by molar-refractivity contribution is -0.440. The van der Waals surface area contributed by atoms with Gasteiger partial charge in [-0.3, -0.25) is 0 Å². The number of para-hydroxylation sites is 2. The summed E-state index contributed by atoms with van der Waals surface area (Å²) < 4.78 is 13.3. The molecule has 7 nitrogen and oxygen atoms in total. The van der Waals surface area contributed by atoms with Crippen molar-refractivity contribution in [2.24, 2.45) is 0 Å². The molecule has 2 aliphatic heterocycles. The van der Waals surface area contributed by atoms with Crippen molar-refractivity contribution >= 4 is 40.4 Å². The molecule has 7 rings (SSSR count). The normalized spacial score (nSPS) is 17.7. The summed E-state index contributed by atoms with van der Waals surface area (Å²) in [7, 11) is 0. The van der Waals surface area contributed by atoms with Gasteiger partial charge in [0.2, 0.25) is 5.69 Å². The van der Waals surface area contributed by atoms with Crippen molar-refractivity contribution in [3.8, 4) is 0 Å². The first-order chi connectivity index (χ1) is 28.8. The fourth-order valence-corrected chi connectivity index (χ4v) is 8.90. The number of hydrogen-bond acceptors (Lipinski definition) is 6. The van der Waals surface area contributed by atoms with Crippen LogP contribution in [-0.4, -0.2) is 48.5 Å². The molecule has 0 amide bonds. The number of aryl methyl sites for hydroxylation is 2. The van der Waals surface area contributed by atoms with E-state index in [1.807, 2.05) is 0 Å². The Morgan fingerprint density at radius 3 is 1.97 bits per heavy atom. The van der Waals surface area contributed by atoms with Crippen LogP contribution in [0.3, 0.4) is 0 Å². The van der Waals surface area contributed by atoms with Gasteiger partial charge in [-0.1, -0.05) is 105 Å². The zero-order valence-corrected chi connectivity index (χ0v) is 35.8. The predicted molar refractivity (Wildman–Crippen MR) is 244 cm³/mol. The predicted octanol–water partition coefficient (Wildman–Crippen LogP) is 11.2. The summed E-state index contributed by atoms with van der Waals surface area (Å²) in [5, 5.41) is 0. The number of fused-ring (bicyclic) bond motifs is 2. The molecule has 1 aliphatic carbocycles. The van der Waals surface area contributed by atoms with Gasteiger partial charge < -0.3 is 19.3 Å². The lowest BCUT2D eigenvalue weighted by Crippen LogP contribution is -2.29. The number of nitrogens with zero attached hydrogens (tertiary/aromatic N) is 3. The number of hydrogen-bond donors (Lipinski definition) is 0. The Morgan fingerprint density at radius 2 is 1.33 bits per heavy atom. The summed E-state index contributed by atoms with van der Waals surface area (Å²) in [6.45, 7) is 22.0. The van der Waals surface area contributed by atoms with Crippen LogP contribution in [0.25, 0.3) is 0 Å². The van der Waals surface area contributed by atoms with E-state index in [-0.39, 0.29) is 24.0 Å². The van der Waals surface area contributed by atoms with Crippen LogP contribution in [0.1, 0.15) is 62.8 Å². The molecule has 0 N–H and O–H groups in total. The van der Waals surface area contributed by atoms with Crippen molar-refractivity contribution in [1.82, 2.24) is 0 Å². The number of ether oxygens (including phenoxy) is 2. The lowest BCUT2D eigenvalue weighted by Gasteiger charge is -2.29. The van der Waals surface area contributed by atoms with Gasteiger partial charge in [0.1, 0.15) is 6.61 Å². The quantitative estimate of drug-likeness (QED) is 0.0719. The average Bonchev–Trinajstić information content (AvgIpc) is 3.80. The van der Waals surface area contributed by atoms with E-state index < -0.39 is 11.9 Å². The molecule has 3 aliphatic rings. The summed E-state index contributed by atoms with van der Waals surface area (Å²) in [5.74, 6) is -0.850. The van der Waals surface area contributed by atoms with E-state index in [4.69, 9.17) is 9.47 Å². The zero-order chi connectivity index (χ0) is 42.6. The third kappa shape index (κ3) is 8.22. The fraction of sp³-hybridized carbons (Fsp3) is 0.264. The van der Waals surface area contributed by atoms with Crippen molar-refractivity contribution in [3.05, 3.63) is 191 Å². The van der Waals surface area contributed by atoms with Crippen molar-refractivity contribution < 1.29 is 23.6 Å². The standard InChI is InChI=1S/C53H56N3O4/c1-9-49(57)59-33-31-54-45-27-21-37(3)35-43(45)52(5,6)47(54)29-25-39-23-24-40(51(39)56(41-17-13-11-14-18-41)42-19-15-12-16-20-42)26-30-48-53(7,8)44-36-38(4)22-28-46(44)55(48)32-34-60-50(58)10-2/h9-22,25-30,35-36H,1-2,23-24,31-34H2,3-8H3/q+1. The highest BCUT2D eigenvalue weighted by Crippen LogP contribution is 2.49. The molecule has 0 aromatic heterocycles. The van der Waals surface area contributed by atoms with Crippen LogP contribution in [0.2, 0.25) is 0 Å². The monoisotopic (exact) mass is 798 g/mol. The van der Waals surface area contributed by atoms with E-state index >= 15 is 0 Å². The van der Waals surface area contributed by atoms with E-state index in [9.17, 15) is 9.59 Å². The second-order valence-electron chi connectivity index (χ2n) is 16.7. The van der Waals surface area contributed by atoms with E-state index in [1.54, 1.807) is 0 Å². The maximum absolute atomic E-state index is 12.1.